The summed E-state index contributed by atoms with van der Waals surface area (Å²) in [4.78, 5) is 0. The zero-order valence-corrected chi connectivity index (χ0v) is 41.9. The van der Waals surface area contributed by atoms with Gasteiger partial charge < -0.3 is 0 Å². The van der Waals surface area contributed by atoms with Crippen LogP contribution in [0.2, 0.25) is 0 Å². The molecule has 0 bridgehead atoms. The Morgan fingerprint density at radius 1 is 0.257 bits per heavy atom. The zero-order chi connectivity index (χ0) is 28.6. The van der Waals surface area contributed by atoms with Gasteiger partial charge in [0.15, 0.2) is 0 Å². The molecular formula is LaNb8O24PbSc. The second-order valence-corrected chi connectivity index (χ2v) is 10.6. The Balaban J connectivity index is -0.0000000206. The summed E-state index contributed by atoms with van der Waals surface area (Å²) in [5, 5.41) is 0. The van der Waals surface area contributed by atoms with Gasteiger partial charge in [0.2, 0.25) is 0 Å². The van der Waals surface area contributed by atoms with Crippen molar-refractivity contribution in [3.8, 4) is 0 Å². The van der Waals surface area contributed by atoms with Crippen LogP contribution in [0.3, 0.4) is 0 Å². The summed E-state index contributed by atoms with van der Waals surface area (Å²) < 4.78 is 206. The van der Waals surface area contributed by atoms with Crippen LogP contribution in [0.5, 0.6) is 0 Å². The molecular weight excluding hydrogens is 1520 g/mol. The number of hydrogen-bond acceptors (Lipinski definition) is 24. The summed E-state index contributed by atoms with van der Waals surface area (Å²) in [7, 11) is 0. The summed E-state index contributed by atoms with van der Waals surface area (Å²) in [6.07, 6.45) is 0. The van der Waals surface area contributed by atoms with E-state index in [-0.39, 0.29) is 88.7 Å². The van der Waals surface area contributed by atoms with Crippen LogP contribution in [0.25, 0.3) is 0 Å². The molecule has 0 aromatic rings. The summed E-state index contributed by atoms with van der Waals surface area (Å²) in [6.45, 7) is 0. The molecule has 0 saturated carbocycles. The Kier molecular flexibility index (Phi) is 139. The molecule has 0 aliphatic heterocycles. The van der Waals surface area contributed by atoms with Crippen molar-refractivity contribution in [2.75, 3.05) is 0 Å². The van der Waals surface area contributed by atoms with E-state index in [0.29, 0.717) is 0 Å². The minimum atomic E-state index is -4.20. The van der Waals surface area contributed by atoms with Gasteiger partial charge >= 0.3 is 320 Å². The molecule has 0 amide bonds. The average molecular weight is 1520 g/mol. The van der Waals surface area contributed by atoms with Gasteiger partial charge in [0.25, 0.3) is 0 Å². The Morgan fingerprint density at radius 3 is 0.257 bits per heavy atom. The van der Waals surface area contributed by atoms with E-state index < -0.39 is 150 Å². The van der Waals surface area contributed by atoms with E-state index in [0.717, 1.165) is 0 Å². The summed E-state index contributed by atoms with van der Waals surface area (Å²) in [5.74, 6) is 0. The van der Waals surface area contributed by atoms with Crippen LogP contribution in [0.1, 0.15) is 0 Å². The molecule has 0 fully saturated rings. The minimum Gasteiger partial charge on any atom is 2.00 e. The van der Waals surface area contributed by atoms with Crippen molar-refractivity contribution in [3.05, 3.63) is 0 Å². The molecule has 35 heteroatoms. The molecule has 194 valence electrons. The molecule has 0 atom stereocenters. The SMILES string of the molecule is [La+3].[O]=[Nb](=[O])[O-].[O]=[Nb](=[O])[O-].[O]=[Nb](=[O])[O-].[O]=[Nb](=[O])[O-].[O]=[Nb](=[O])[O-].[O]=[Nb](=[O])[O-].[O]=[Nb](=[O])[O-].[O]=[Nb](=[O])[O-].[Pb+2].[Sc+3]. The van der Waals surface area contributed by atoms with E-state index in [2.05, 4.69) is 0 Å². The molecule has 2 radical (unpaired) electrons. The van der Waals surface area contributed by atoms with Crippen molar-refractivity contribution in [2.45, 2.75) is 0 Å². The van der Waals surface area contributed by atoms with Crippen molar-refractivity contribution in [3.63, 3.8) is 0 Å². The molecule has 0 rings (SSSR count). The van der Waals surface area contributed by atoms with Crippen LogP contribution >= 0.6 is 0 Å². The summed E-state index contributed by atoms with van der Waals surface area (Å²) in [5.41, 5.74) is 0. The van der Waals surface area contributed by atoms with Crippen molar-refractivity contribution in [1.29, 1.82) is 0 Å². The van der Waals surface area contributed by atoms with Crippen molar-refractivity contribution in [2.24, 2.45) is 0 Å². The second kappa shape index (κ2) is 67.2. The fourth-order valence-electron chi connectivity index (χ4n) is 0. The molecule has 24 nitrogen and oxygen atoms in total. The molecule has 0 saturated heterocycles. The normalized spacial score (nSPS) is 5.71. The third-order valence-electron chi connectivity index (χ3n) is 0. The summed E-state index contributed by atoms with van der Waals surface area (Å²) >= 11 is -33.6. The standard InChI is InChI=1S/La.8Nb.24O.Pb.Sc/q+3;;;;;;;;;;;;;;;;;;;;;;;;;8*-1;+2;+3. The average Bonchev–Trinajstić information content (AvgIpc) is 2.30. The molecule has 0 aliphatic rings. The predicted molar refractivity (Wildman–Crippen MR) is 16.7 cm³/mol. The molecule has 0 spiro atoms. The fraction of sp³-hybridized carbons (Fsp3) is 0. The van der Waals surface area contributed by atoms with Crippen LogP contribution in [-0.2, 0) is 228 Å². The van der Waals surface area contributed by atoms with Gasteiger partial charge in [-0.1, -0.05) is 0 Å². The Bertz CT molecular complexity index is 673. The first-order chi connectivity index (χ1) is 13.9. The van der Waals surface area contributed by atoms with Gasteiger partial charge in [-0.25, -0.2) is 0 Å². The Morgan fingerprint density at radius 2 is 0.257 bits per heavy atom. The van der Waals surface area contributed by atoms with Crippen LogP contribution in [0.15, 0.2) is 0 Å². The van der Waals surface area contributed by atoms with E-state index in [1.807, 2.05) is 0 Å². The molecule has 0 aromatic heterocycles. The van der Waals surface area contributed by atoms with Gasteiger partial charge in [-0.3, -0.25) is 0 Å². The topological polar surface area (TPSA) is 458 Å². The third-order valence-corrected chi connectivity index (χ3v) is 0. The first-order valence-electron chi connectivity index (χ1n) is 4.38. The Hall–Kier alpha value is 5.39. The quantitative estimate of drug-likeness (QED) is 0.203. The maximum absolute atomic E-state index is 8.60. The van der Waals surface area contributed by atoms with Gasteiger partial charge in [0.05, 0.1) is 0 Å². The molecule has 0 aromatic carbocycles. The van der Waals surface area contributed by atoms with Gasteiger partial charge in [-0.15, -0.1) is 0 Å². The maximum Gasteiger partial charge on any atom is 3.00 e. The fourth-order valence-corrected chi connectivity index (χ4v) is 0. The summed E-state index contributed by atoms with van der Waals surface area (Å²) in [6, 6.07) is 0. The van der Waals surface area contributed by atoms with Gasteiger partial charge in [-0.2, -0.15) is 0 Å². The third kappa shape index (κ3) is 1900. The van der Waals surface area contributed by atoms with Gasteiger partial charge in [0.1, 0.15) is 0 Å². The van der Waals surface area contributed by atoms with E-state index >= 15 is 0 Å². The van der Waals surface area contributed by atoms with Crippen LogP contribution < -0.4 is 28.9 Å². The number of hydrogen-bond donors (Lipinski definition) is 0. The predicted octanol–water partition coefficient (Wildman–Crippen LogP) is -11.8. The van der Waals surface area contributed by atoms with E-state index in [1.54, 1.807) is 0 Å². The number of rotatable bonds is 0. The van der Waals surface area contributed by atoms with Crippen molar-refractivity contribution < 1.29 is 293 Å². The van der Waals surface area contributed by atoms with Crippen molar-refractivity contribution in [1.82, 2.24) is 0 Å². The van der Waals surface area contributed by atoms with Crippen molar-refractivity contribution >= 4 is 27.3 Å². The molecule has 0 unspecified atom stereocenters. The first kappa shape index (κ1) is 72.6. The molecule has 0 heterocycles. The van der Waals surface area contributed by atoms with Crippen LogP contribution in [-0.4, -0.2) is 27.3 Å². The zero-order valence-electron chi connectivity index (χ0n) is 15.0. The molecule has 35 heavy (non-hydrogen) atoms. The first-order valence-corrected chi connectivity index (χ1v) is 25.9. The van der Waals surface area contributed by atoms with E-state index in [4.69, 9.17) is 80.9 Å². The molecule has 0 aliphatic carbocycles. The van der Waals surface area contributed by atoms with Crippen LogP contribution in [0.4, 0.5) is 0 Å². The molecule has 0 N–H and O–H groups in total. The minimum absolute atomic E-state index is 0. The van der Waals surface area contributed by atoms with E-state index in [9.17, 15) is 0 Å². The second-order valence-electron chi connectivity index (χ2n) is 1.79. The monoisotopic (exact) mass is 1520 g/mol. The van der Waals surface area contributed by atoms with E-state index in [1.165, 1.54) is 0 Å². The van der Waals surface area contributed by atoms with Crippen LogP contribution in [0, 0.1) is 35.6 Å². The van der Waals surface area contributed by atoms with Gasteiger partial charge in [0, 0.05) is 0 Å². The largest absolute Gasteiger partial charge is 3.00 e. The maximum atomic E-state index is 8.60. The van der Waals surface area contributed by atoms with Gasteiger partial charge in [-0.05, 0) is 0 Å². The Labute approximate surface area is 312 Å². The smallest absolute Gasteiger partial charge is 2.00 e.